The van der Waals surface area contributed by atoms with E-state index in [1.54, 1.807) is 7.11 Å². The number of imidazole rings is 1. The van der Waals surface area contributed by atoms with Crippen molar-refractivity contribution in [2.75, 3.05) is 14.2 Å². The molecule has 0 saturated carbocycles. The molecule has 0 bridgehead atoms. The van der Waals surface area contributed by atoms with Gasteiger partial charge in [0.25, 0.3) is 0 Å². The first-order chi connectivity index (χ1) is 9.49. The number of ether oxygens (including phenoxy) is 1. The normalized spacial score (nSPS) is 10.9. The Morgan fingerprint density at radius 2 is 2.05 bits per heavy atom. The highest BCUT2D eigenvalue weighted by Crippen LogP contribution is 2.38. The van der Waals surface area contributed by atoms with E-state index in [1.807, 2.05) is 14.1 Å². The summed E-state index contributed by atoms with van der Waals surface area (Å²) in [7, 11) is 5.65. The molecule has 0 aliphatic heterocycles. The third kappa shape index (κ3) is 2.60. The number of halogens is 1. The van der Waals surface area contributed by atoms with E-state index < -0.39 is 0 Å². The van der Waals surface area contributed by atoms with Gasteiger partial charge in [-0.15, -0.1) is 0 Å². The Hall–Kier alpha value is -1.33. The summed E-state index contributed by atoms with van der Waals surface area (Å²) >= 11 is 3.58. The van der Waals surface area contributed by atoms with Gasteiger partial charge in [-0.3, -0.25) is 0 Å². The largest absolute Gasteiger partial charge is 0.496 e. The van der Waals surface area contributed by atoms with E-state index in [4.69, 9.17) is 4.74 Å². The smallest absolute Gasteiger partial charge is 0.132 e. The Morgan fingerprint density at radius 3 is 2.65 bits per heavy atom. The molecule has 1 N–H and O–H groups in total. The third-order valence-electron chi connectivity index (χ3n) is 3.38. The molecule has 1 aromatic heterocycles. The summed E-state index contributed by atoms with van der Waals surface area (Å²) in [5, 5.41) is 3.13. The molecular weight excluding hydrogens is 318 g/mol. The fourth-order valence-corrected chi connectivity index (χ4v) is 3.16. The number of methoxy groups -OCH3 is 1. The minimum absolute atomic E-state index is 0.725. The van der Waals surface area contributed by atoms with Crippen LogP contribution in [0.5, 0.6) is 5.75 Å². The molecule has 0 aliphatic carbocycles. The van der Waals surface area contributed by atoms with Gasteiger partial charge in [-0.25, -0.2) is 4.98 Å². The number of aromatic nitrogens is 2. The van der Waals surface area contributed by atoms with E-state index >= 15 is 0 Å². The van der Waals surface area contributed by atoms with Gasteiger partial charge < -0.3 is 14.6 Å². The van der Waals surface area contributed by atoms with E-state index in [2.05, 4.69) is 56.8 Å². The Bertz CT molecular complexity index is 635. The summed E-state index contributed by atoms with van der Waals surface area (Å²) in [6.07, 6.45) is 0. The van der Waals surface area contributed by atoms with Crippen molar-refractivity contribution in [2.24, 2.45) is 7.05 Å². The van der Waals surface area contributed by atoms with Crippen molar-refractivity contribution >= 4 is 15.9 Å². The lowest BCUT2D eigenvalue weighted by molar-refractivity contribution is 0.415. The van der Waals surface area contributed by atoms with Crippen LogP contribution >= 0.6 is 15.9 Å². The second-order valence-electron chi connectivity index (χ2n) is 4.92. The number of benzene rings is 1. The molecule has 108 valence electrons. The minimum atomic E-state index is 0.725. The van der Waals surface area contributed by atoms with Crippen molar-refractivity contribution in [1.29, 1.82) is 0 Å². The van der Waals surface area contributed by atoms with Crippen LogP contribution in [-0.4, -0.2) is 23.7 Å². The van der Waals surface area contributed by atoms with E-state index in [0.717, 1.165) is 34.0 Å². The Balaban J connectivity index is 2.68. The van der Waals surface area contributed by atoms with Crippen LogP contribution in [0.4, 0.5) is 0 Å². The Kier molecular flexibility index (Phi) is 4.50. The molecule has 0 spiro atoms. The fraction of sp³-hybridized carbons (Fsp3) is 0.400. The number of nitrogens with zero attached hydrogens (tertiary/aromatic N) is 2. The third-order valence-corrected chi connectivity index (χ3v) is 3.93. The lowest BCUT2D eigenvalue weighted by atomic mass is 10.0. The first-order valence-electron chi connectivity index (χ1n) is 6.50. The molecule has 0 atom stereocenters. The van der Waals surface area contributed by atoms with Crippen molar-refractivity contribution in [3.05, 3.63) is 33.7 Å². The maximum Gasteiger partial charge on any atom is 0.132 e. The van der Waals surface area contributed by atoms with Gasteiger partial charge in [0.2, 0.25) is 0 Å². The van der Waals surface area contributed by atoms with Crippen LogP contribution in [0.2, 0.25) is 0 Å². The zero-order valence-corrected chi connectivity index (χ0v) is 14.1. The zero-order chi connectivity index (χ0) is 14.9. The molecule has 1 heterocycles. The lowest BCUT2D eigenvalue weighted by Crippen LogP contribution is -2.11. The molecule has 0 aliphatic rings. The predicted molar refractivity (Wildman–Crippen MR) is 85.1 cm³/mol. The number of rotatable bonds is 4. The highest BCUT2D eigenvalue weighted by molar-refractivity contribution is 9.10. The predicted octanol–water partition coefficient (Wildman–Crippen LogP) is 3.19. The lowest BCUT2D eigenvalue weighted by Gasteiger charge is -2.14. The first-order valence-corrected chi connectivity index (χ1v) is 7.30. The standard InChI is InChI=1S/C15H20BrN3O/c1-9-6-10(2)13(11(7-9)20-5)14-15(16)18-12(8-17-3)19(14)4/h6-7,17H,8H2,1-5H3. The SMILES string of the molecule is CNCc1nc(Br)c(-c2c(C)cc(C)cc2OC)n1C. The van der Waals surface area contributed by atoms with Gasteiger partial charge in [-0.05, 0) is 54.0 Å². The van der Waals surface area contributed by atoms with Crippen LogP contribution in [0.15, 0.2) is 16.7 Å². The van der Waals surface area contributed by atoms with Gasteiger partial charge in [0.1, 0.15) is 16.2 Å². The van der Waals surface area contributed by atoms with Crippen molar-refractivity contribution < 1.29 is 4.74 Å². The van der Waals surface area contributed by atoms with Crippen LogP contribution in [-0.2, 0) is 13.6 Å². The molecule has 5 heteroatoms. The quantitative estimate of drug-likeness (QED) is 0.931. The maximum atomic E-state index is 5.56. The minimum Gasteiger partial charge on any atom is -0.496 e. The number of aryl methyl sites for hydroxylation is 2. The van der Waals surface area contributed by atoms with Crippen molar-refractivity contribution in [3.63, 3.8) is 0 Å². The van der Waals surface area contributed by atoms with Crippen molar-refractivity contribution in [1.82, 2.24) is 14.9 Å². The summed E-state index contributed by atoms with van der Waals surface area (Å²) in [6, 6.07) is 4.22. The maximum absolute atomic E-state index is 5.56. The highest BCUT2D eigenvalue weighted by atomic mass is 79.9. The van der Waals surface area contributed by atoms with Gasteiger partial charge in [0.15, 0.2) is 0 Å². The first kappa shape index (κ1) is 15.1. The molecule has 2 rings (SSSR count). The van der Waals surface area contributed by atoms with Gasteiger partial charge in [-0.2, -0.15) is 0 Å². The van der Waals surface area contributed by atoms with Crippen LogP contribution in [0.1, 0.15) is 17.0 Å². The van der Waals surface area contributed by atoms with E-state index in [9.17, 15) is 0 Å². The average Bonchev–Trinajstić information content (AvgIpc) is 2.65. The molecular formula is C15H20BrN3O. The van der Waals surface area contributed by atoms with Gasteiger partial charge in [0, 0.05) is 12.6 Å². The van der Waals surface area contributed by atoms with E-state index in [0.29, 0.717) is 0 Å². The Morgan fingerprint density at radius 1 is 1.35 bits per heavy atom. The zero-order valence-electron chi connectivity index (χ0n) is 12.5. The second-order valence-corrected chi connectivity index (χ2v) is 5.67. The number of nitrogens with one attached hydrogen (secondary N) is 1. The monoisotopic (exact) mass is 337 g/mol. The molecule has 0 fully saturated rings. The van der Waals surface area contributed by atoms with Crippen LogP contribution in [0.3, 0.4) is 0 Å². The Labute approximate surface area is 128 Å². The summed E-state index contributed by atoms with van der Waals surface area (Å²) in [5.41, 5.74) is 4.50. The van der Waals surface area contributed by atoms with E-state index in [-0.39, 0.29) is 0 Å². The molecule has 0 unspecified atom stereocenters. The molecule has 0 saturated heterocycles. The van der Waals surface area contributed by atoms with Crippen molar-refractivity contribution in [3.8, 4) is 17.0 Å². The van der Waals surface area contributed by atoms with Gasteiger partial charge in [-0.1, -0.05) is 6.07 Å². The fourth-order valence-electron chi connectivity index (χ4n) is 2.49. The number of hydrogen-bond acceptors (Lipinski definition) is 3. The van der Waals surface area contributed by atoms with Crippen molar-refractivity contribution in [2.45, 2.75) is 20.4 Å². The van der Waals surface area contributed by atoms with Crippen LogP contribution in [0, 0.1) is 13.8 Å². The highest BCUT2D eigenvalue weighted by Gasteiger charge is 2.19. The molecule has 0 radical (unpaired) electrons. The molecule has 1 aromatic carbocycles. The second kappa shape index (κ2) is 5.97. The van der Waals surface area contributed by atoms with Crippen LogP contribution in [0.25, 0.3) is 11.3 Å². The van der Waals surface area contributed by atoms with E-state index in [1.165, 1.54) is 11.1 Å². The molecule has 2 aromatic rings. The number of hydrogen-bond donors (Lipinski definition) is 1. The van der Waals surface area contributed by atoms with Gasteiger partial charge in [0.05, 0.1) is 19.3 Å². The van der Waals surface area contributed by atoms with Crippen LogP contribution < -0.4 is 10.1 Å². The molecule has 20 heavy (non-hydrogen) atoms. The molecule has 4 nitrogen and oxygen atoms in total. The summed E-state index contributed by atoms with van der Waals surface area (Å²) in [4.78, 5) is 4.58. The topological polar surface area (TPSA) is 39.1 Å². The van der Waals surface area contributed by atoms with Gasteiger partial charge >= 0.3 is 0 Å². The summed E-state index contributed by atoms with van der Waals surface area (Å²) in [6.45, 7) is 4.90. The summed E-state index contributed by atoms with van der Waals surface area (Å²) < 4.78 is 8.50. The average molecular weight is 338 g/mol. The summed E-state index contributed by atoms with van der Waals surface area (Å²) in [5.74, 6) is 1.86. The molecule has 0 amide bonds.